The summed E-state index contributed by atoms with van der Waals surface area (Å²) in [5, 5.41) is 8.87. The molecule has 106 valence electrons. The standard InChI is InChI=1S/C13H26N2O3/c1-6-15(9-11(4)12(16)17)13(18)14(5)8-7-10(2)3/h10-11H,6-9H2,1-5H3,(H,16,17). The van der Waals surface area contributed by atoms with Crippen LogP contribution in [0.4, 0.5) is 4.79 Å². The molecule has 2 amide bonds. The fourth-order valence-corrected chi connectivity index (χ4v) is 1.54. The smallest absolute Gasteiger partial charge is 0.319 e. The van der Waals surface area contributed by atoms with Crippen LogP contribution in [0.5, 0.6) is 0 Å². The van der Waals surface area contributed by atoms with E-state index in [2.05, 4.69) is 13.8 Å². The second-order valence-electron chi connectivity index (χ2n) is 5.16. The molecule has 0 aromatic rings. The largest absolute Gasteiger partial charge is 0.481 e. The molecule has 0 radical (unpaired) electrons. The van der Waals surface area contributed by atoms with Gasteiger partial charge in [0.05, 0.1) is 5.92 Å². The number of carbonyl (C=O) groups excluding carboxylic acids is 1. The first kappa shape index (κ1) is 16.7. The van der Waals surface area contributed by atoms with Crippen molar-refractivity contribution in [3.63, 3.8) is 0 Å². The number of aliphatic carboxylic acids is 1. The summed E-state index contributed by atoms with van der Waals surface area (Å²) < 4.78 is 0. The molecule has 5 nitrogen and oxygen atoms in total. The molecule has 1 atom stereocenters. The Morgan fingerprint density at radius 1 is 1.22 bits per heavy atom. The molecule has 0 saturated carbocycles. The minimum atomic E-state index is -0.869. The van der Waals surface area contributed by atoms with Crippen LogP contribution in [0.2, 0.25) is 0 Å². The molecule has 0 bridgehead atoms. The second-order valence-corrected chi connectivity index (χ2v) is 5.16. The fraction of sp³-hybridized carbons (Fsp3) is 0.846. The van der Waals surface area contributed by atoms with Gasteiger partial charge < -0.3 is 14.9 Å². The highest BCUT2D eigenvalue weighted by Gasteiger charge is 2.21. The lowest BCUT2D eigenvalue weighted by Crippen LogP contribution is -2.44. The van der Waals surface area contributed by atoms with Crippen LogP contribution in [-0.2, 0) is 4.79 Å². The quantitative estimate of drug-likeness (QED) is 0.761. The van der Waals surface area contributed by atoms with E-state index in [9.17, 15) is 9.59 Å². The predicted octanol–water partition coefficient (Wildman–Crippen LogP) is 2.13. The van der Waals surface area contributed by atoms with Crippen molar-refractivity contribution in [1.82, 2.24) is 9.80 Å². The number of rotatable bonds is 7. The van der Waals surface area contributed by atoms with Gasteiger partial charge >= 0.3 is 12.0 Å². The van der Waals surface area contributed by atoms with Crippen molar-refractivity contribution in [3.05, 3.63) is 0 Å². The number of carbonyl (C=O) groups is 2. The zero-order chi connectivity index (χ0) is 14.3. The first-order valence-corrected chi connectivity index (χ1v) is 6.52. The van der Waals surface area contributed by atoms with Gasteiger partial charge in [0.1, 0.15) is 0 Å². The molecule has 5 heteroatoms. The van der Waals surface area contributed by atoms with Crippen LogP contribution in [0.3, 0.4) is 0 Å². The van der Waals surface area contributed by atoms with Crippen LogP contribution in [0.25, 0.3) is 0 Å². The summed E-state index contributed by atoms with van der Waals surface area (Å²) in [6, 6.07) is -0.0914. The van der Waals surface area contributed by atoms with Gasteiger partial charge in [-0.2, -0.15) is 0 Å². The SMILES string of the molecule is CCN(CC(C)C(=O)O)C(=O)N(C)CCC(C)C. The Morgan fingerprint density at radius 3 is 2.17 bits per heavy atom. The molecule has 0 aliphatic heterocycles. The number of hydrogen-bond donors (Lipinski definition) is 1. The zero-order valence-corrected chi connectivity index (χ0v) is 12.1. The van der Waals surface area contributed by atoms with Gasteiger partial charge in [-0.15, -0.1) is 0 Å². The van der Waals surface area contributed by atoms with Crippen LogP contribution in [0.1, 0.15) is 34.1 Å². The Hall–Kier alpha value is -1.26. The van der Waals surface area contributed by atoms with Crippen LogP contribution < -0.4 is 0 Å². The van der Waals surface area contributed by atoms with Gasteiger partial charge in [0, 0.05) is 26.7 Å². The van der Waals surface area contributed by atoms with Gasteiger partial charge in [0.25, 0.3) is 0 Å². The summed E-state index contributed by atoms with van der Waals surface area (Å²) in [6.45, 7) is 9.20. The number of hydrogen-bond acceptors (Lipinski definition) is 2. The molecule has 0 heterocycles. The van der Waals surface area contributed by atoms with E-state index >= 15 is 0 Å². The molecule has 0 rings (SSSR count). The fourth-order valence-electron chi connectivity index (χ4n) is 1.54. The van der Waals surface area contributed by atoms with E-state index in [-0.39, 0.29) is 12.6 Å². The Balaban J connectivity index is 4.37. The van der Waals surface area contributed by atoms with Crippen molar-refractivity contribution in [3.8, 4) is 0 Å². The monoisotopic (exact) mass is 258 g/mol. The number of amides is 2. The summed E-state index contributed by atoms with van der Waals surface area (Å²) in [5.41, 5.74) is 0. The van der Waals surface area contributed by atoms with Crippen molar-refractivity contribution in [1.29, 1.82) is 0 Å². The van der Waals surface area contributed by atoms with E-state index in [1.165, 1.54) is 0 Å². The summed E-state index contributed by atoms with van der Waals surface area (Å²) in [4.78, 5) is 26.2. The summed E-state index contributed by atoms with van der Waals surface area (Å²) in [6.07, 6.45) is 0.953. The van der Waals surface area contributed by atoms with Gasteiger partial charge in [-0.3, -0.25) is 4.79 Å². The number of carboxylic acids is 1. The molecule has 0 spiro atoms. The normalized spacial score (nSPS) is 12.3. The van der Waals surface area contributed by atoms with Crippen LogP contribution in [0, 0.1) is 11.8 Å². The molecule has 0 aliphatic carbocycles. The highest BCUT2D eigenvalue weighted by Crippen LogP contribution is 2.06. The van der Waals surface area contributed by atoms with E-state index in [0.29, 0.717) is 19.0 Å². The molecular weight excluding hydrogens is 232 g/mol. The molecule has 1 N–H and O–H groups in total. The molecule has 1 unspecified atom stereocenters. The van der Waals surface area contributed by atoms with Crippen molar-refractivity contribution in [2.75, 3.05) is 26.7 Å². The van der Waals surface area contributed by atoms with E-state index in [1.54, 1.807) is 23.8 Å². The summed E-state index contributed by atoms with van der Waals surface area (Å²) >= 11 is 0. The third kappa shape index (κ3) is 5.89. The van der Waals surface area contributed by atoms with Gasteiger partial charge in [0.2, 0.25) is 0 Å². The lowest BCUT2D eigenvalue weighted by molar-refractivity contribution is -0.141. The third-order valence-electron chi connectivity index (χ3n) is 2.94. The summed E-state index contributed by atoms with van der Waals surface area (Å²) in [7, 11) is 1.76. The first-order valence-electron chi connectivity index (χ1n) is 6.52. The Labute approximate surface area is 110 Å². The van der Waals surface area contributed by atoms with Gasteiger partial charge in [0.15, 0.2) is 0 Å². The van der Waals surface area contributed by atoms with Gasteiger partial charge in [-0.05, 0) is 19.3 Å². The van der Waals surface area contributed by atoms with E-state index in [0.717, 1.165) is 6.42 Å². The maximum absolute atomic E-state index is 12.1. The van der Waals surface area contributed by atoms with Gasteiger partial charge in [-0.1, -0.05) is 20.8 Å². The van der Waals surface area contributed by atoms with Crippen molar-refractivity contribution >= 4 is 12.0 Å². The Bertz CT molecular complexity index is 279. The van der Waals surface area contributed by atoms with Crippen LogP contribution in [0.15, 0.2) is 0 Å². The summed E-state index contributed by atoms with van der Waals surface area (Å²) in [5.74, 6) is -0.855. The van der Waals surface area contributed by atoms with Crippen LogP contribution in [-0.4, -0.2) is 53.6 Å². The molecule has 0 aromatic heterocycles. The topological polar surface area (TPSA) is 60.9 Å². The molecular formula is C13H26N2O3. The van der Waals surface area contributed by atoms with E-state index in [4.69, 9.17) is 5.11 Å². The first-order chi connectivity index (χ1) is 8.29. The number of urea groups is 1. The van der Waals surface area contributed by atoms with E-state index < -0.39 is 11.9 Å². The van der Waals surface area contributed by atoms with E-state index in [1.807, 2.05) is 6.92 Å². The maximum atomic E-state index is 12.1. The Kier molecular flexibility index (Phi) is 7.39. The highest BCUT2D eigenvalue weighted by molar-refractivity contribution is 5.75. The second kappa shape index (κ2) is 7.95. The van der Waals surface area contributed by atoms with Crippen LogP contribution >= 0.6 is 0 Å². The number of carboxylic acid groups (broad SMARTS) is 1. The molecule has 18 heavy (non-hydrogen) atoms. The van der Waals surface area contributed by atoms with Gasteiger partial charge in [-0.25, -0.2) is 4.79 Å². The molecule has 0 saturated heterocycles. The highest BCUT2D eigenvalue weighted by atomic mass is 16.4. The minimum absolute atomic E-state index is 0.0914. The number of nitrogens with zero attached hydrogens (tertiary/aromatic N) is 2. The average Bonchev–Trinajstić information content (AvgIpc) is 2.31. The average molecular weight is 258 g/mol. The van der Waals surface area contributed by atoms with Crippen molar-refractivity contribution in [2.45, 2.75) is 34.1 Å². The lowest BCUT2D eigenvalue weighted by atomic mass is 10.1. The zero-order valence-electron chi connectivity index (χ0n) is 12.1. The third-order valence-corrected chi connectivity index (χ3v) is 2.94. The molecule has 0 aliphatic rings. The minimum Gasteiger partial charge on any atom is -0.481 e. The lowest BCUT2D eigenvalue weighted by Gasteiger charge is -2.28. The maximum Gasteiger partial charge on any atom is 0.319 e. The van der Waals surface area contributed by atoms with Crippen molar-refractivity contribution < 1.29 is 14.7 Å². The molecule has 0 fully saturated rings. The Morgan fingerprint density at radius 2 is 1.78 bits per heavy atom. The predicted molar refractivity (Wildman–Crippen MR) is 71.5 cm³/mol. The molecule has 0 aromatic carbocycles. The van der Waals surface area contributed by atoms with Crippen molar-refractivity contribution in [2.24, 2.45) is 11.8 Å².